The second-order valence-corrected chi connectivity index (χ2v) is 5.13. The minimum Gasteiger partial charge on any atom is -0.399 e. The molecule has 0 unspecified atom stereocenters. The molecule has 0 spiro atoms. The van der Waals surface area contributed by atoms with Crippen LogP contribution in [0.1, 0.15) is 29.6 Å². The normalized spacial score (nSPS) is 15.4. The van der Waals surface area contributed by atoms with E-state index >= 15 is 0 Å². The van der Waals surface area contributed by atoms with Gasteiger partial charge in [0.2, 0.25) is 0 Å². The van der Waals surface area contributed by atoms with Crippen LogP contribution in [0.5, 0.6) is 0 Å². The van der Waals surface area contributed by atoms with E-state index in [0.29, 0.717) is 22.2 Å². The highest BCUT2D eigenvalue weighted by atomic mass is 35.5. The Hall–Kier alpha value is -1.22. The molecule has 0 bridgehead atoms. The predicted octanol–water partition coefficient (Wildman–Crippen LogP) is 2.79. The van der Waals surface area contributed by atoms with Gasteiger partial charge in [-0.2, -0.15) is 0 Å². The van der Waals surface area contributed by atoms with Gasteiger partial charge in [-0.25, -0.2) is 0 Å². The van der Waals surface area contributed by atoms with Gasteiger partial charge in [0.25, 0.3) is 5.91 Å². The molecule has 2 N–H and O–H groups in total. The molecule has 1 saturated carbocycles. The number of carbonyl (C=O) groups is 1. The zero-order chi connectivity index (χ0) is 12.4. The molecule has 92 valence electrons. The van der Waals surface area contributed by atoms with Crippen molar-refractivity contribution in [3.63, 3.8) is 0 Å². The van der Waals surface area contributed by atoms with Crippen molar-refractivity contribution in [2.45, 2.75) is 19.3 Å². The average molecular weight is 253 g/mol. The molecule has 2 rings (SSSR count). The van der Waals surface area contributed by atoms with Gasteiger partial charge < -0.3 is 10.6 Å². The van der Waals surface area contributed by atoms with E-state index in [1.165, 1.54) is 19.3 Å². The van der Waals surface area contributed by atoms with Crippen LogP contribution in [0.25, 0.3) is 0 Å². The molecule has 0 heterocycles. The van der Waals surface area contributed by atoms with Crippen molar-refractivity contribution < 1.29 is 4.79 Å². The molecule has 0 atom stereocenters. The maximum atomic E-state index is 12.2. The molecule has 0 aliphatic heterocycles. The fraction of sp³-hybridized carbons (Fsp3) is 0.462. The molecule has 0 radical (unpaired) electrons. The van der Waals surface area contributed by atoms with E-state index in [2.05, 4.69) is 0 Å². The Balaban J connectivity index is 2.09. The first-order valence-corrected chi connectivity index (χ1v) is 6.26. The van der Waals surface area contributed by atoms with Crippen LogP contribution in [-0.2, 0) is 0 Å². The van der Waals surface area contributed by atoms with Crippen molar-refractivity contribution in [3.8, 4) is 0 Å². The number of hydrogen-bond acceptors (Lipinski definition) is 2. The van der Waals surface area contributed by atoms with E-state index in [1.54, 1.807) is 23.1 Å². The van der Waals surface area contributed by atoms with Crippen molar-refractivity contribution in [2.75, 3.05) is 19.3 Å². The third-order valence-electron chi connectivity index (χ3n) is 3.32. The van der Waals surface area contributed by atoms with Crippen LogP contribution in [0.3, 0.4) is 0 Å². The number of carbonyl (C=O) groups excluding carboxylic acids is 1. The molecule has 1 aromatic carbocycles. The summed E-state index contributed by atoms with van der Waals surface area (Å²) < 4.78 is 0. The van der Waals surface area contributed by atoms with Crippen molar-refractivity contribution in [2.24, 2.45) is 5.92 Å². The first-order valence-electron chi connectivity index (χ1n) is 5.88. The first kappa shape index (κ1) is 12.2. The van der Waals surface area contributed by atoms with Crippen LogP contribution in [0.4, 0.5) is 5.69 Å². The largest absolute Gasteiger partial charge is 0.399 e. The van der Waals surface area contributed by atoms with E-state index in [9.17, 15) is 4.79 Å². The molecule has 0 saturated heterocycles. The van der Waals surface area contributed by atoms with Crippen LogP contribution in [-0.4, -0.2) is 24.4 Å². The number of anilines is 1. The summed E-state index contributed by atoms with van der Waals surface area (Å²) in [5.41, 5.74) is 6.73. The summed E-state index contributed by atoms with van der Waals surface area (Å²) in [5.74, 6) is 0.609. The van der Waals surface area contributed by atoms with Gasteiger partial charge in [0.15, 0.2) is 0 Å². The number of halogens is 1. The zero-order valence-corrected chi connectivity index (χ0v) is 10.7. The molecule has 1 aliphatic rings. The third kappa shape index (κ3) is 2.72. The average Bonchev–Trinajstić information content (AvgIpc) is 2.25. The van der Waals surface area contributed by atoms with Gasteiger partial charge in [-0.15, -0.1) is 0 Å². The maximum absolute atomic E-state index is 12.2. The molecule has 1 fully saturated rings. The summed E-state index contributed by atoms with van der Waals surface area (Å²) in [4.78, 5) is 13.9. The lowest BCUT2D eigenvalue weighted by Crippen LogP contribution is -2.34. The molecule has 1 amide bonds. The van der Waals surface area contributed by atoms with Gasteiger partial charge in [0.1, 0.15) is 0 Å². The second kappa shape index (κ2) is 4.96. The molecule has 17 heavy (non-hydrogen) atoms. The summed E-state index contributed by atoms with van der Waals surface area (Å²) in [5, 5.41) is 0.463. The monoisotopic (exact) mass is 252 g/mol. The second-order valence-electron chi connectivity index (χ2n) is 4.72. The number of nitrogen functional groups attached to an aromatic ring is 1. The van der Waals surface area contributed by atoms with Crippen LogP contribution < -0.4 is 5.73 Å². The number of amides is 1. The smallest absolute Gasteiger partial charge is 0.255 e. The van der Waals surface area contributed by atoms with Gasteiger partial charge in [-0.05, 0) is 37.0 Å². The first-order chi connectivity index (χ1) is 8.08. The zero-order valence-electron chi connectivity index (χ0n) is 9.95. The lowest BCUT2D eigenvalue weighted by Gasteiger charge is -2.30. The van der Waals surface area contributed by atoms with Gasteiger partial charge in [0.05, 0.1) is 10.6 Å². The highest BCUT2D eigenvalue weighted by molar-refractivity contribution is 6.33. The van der Waals surface area contributed by atoms with Gasteiger partial charge in [0, 0.05) is 19.3 Å². The summed E-state index contributed by atoms with van der Waals surface area (Å²) >= 11 is 6.02. The summed E-state index contributed by atoms with van der Waals surface area (Å²) in [7, 11) is 1.82. The highest BCUT2D eigenvalue weighted by Gasteiger charge is 2.23. The number of nitrogens with two attached hydrogens (primary N) is 1. The van der Waals surface area contributed by atoms with E-state index in [1.807, 2.05) is 7.05 Å². The van der Waals surface area contributed by atoms with Gasteiger partial charge in [-0.1, -0.05) is 18.0 Å². The Bertz CT molecular complexity index is 429. The van der Waals surface area contributed by atoms with Gasteiger partial charge in [-0.3, -0.25) is 4.79 Å². The van der Waals surface area contributed by atoms with Crippen LogP contribution >= 0.6 is 11.6 Å². The fourth-order valence-electron chi connectivity index (χ4n) is 2.06. The van der Waals surface area contributed by atoms with Crippen LogP contribution in [0, 0.1) is 5.92 Å². The Kier molecular flexibility index (Phi) is 3.57. The van der Waals surface area contributed by atoms with E-state index in [0.717, 1.165) is 6.54 Å². The SMILES string of the molecule is CN(CC1CCC1)C(=O)c1cc(N)ccc1Cl. The van der Waals surface area contributed by atoms with E-state index < -0.39 is 0 Å². The molecule has 4 heteroatoms. The molecular formula is C13H17ClN2O. The van der Waals surface area contributed by atoms with Crippen molar-refractivity contribution >= 4 is 23.2 Å². The van der Waals surface area contributed by atoms with Crippen LogP contribution in [0.2, 0.25) is 5.02 Å². The van der Waals surface area contributed by atoms with Crippen molar-refractivity contribution in [1.29, 1.82) is 0 Å². The number of rotatable bonds is 3. The minimum absolute atomic E-state index is 0.0470. The van der Waals surface area contributed by atoms with E-state index in [4.69, 9.17) is 17.3 Å². The Labute approximate surface area is 107 Å². The lowest BCUT2D eigenvalue weighted by molar-refractivity contribution is 0.0745. The lowest BCUT2D eigenvalue weighted by atomic mass is 9.85. The van der Waals surface area contributed by atoms with Crippen LogP contribution in [0.15, 0.2) is 18.2 Å². The molecular weight excluding hydrogens is 236 g/mol. The third-order valence-corrected chi connectivity index (χ3v) is 3.65. The fourth-order valence-corrected chi connectivity index (χ4v) is 2.26. The topological polar surface area (TPSA) is 46.3 Å². The standard InChI is InChI=1S/C13H17ClN2O/c1-16(8-9-3-2-4-9)13(17)11-7-10(15)5-6-12(11)14/h5-7,9H,2-4,8,15H2,1H3. The molecule has 3 nitrogen and oxygen atoms in total. The Morgan fingerprint density at radius 1 is 1.53 bits per heavy atom. The molecule has 1 aromatic rings. The minimum atomic E-state index is -0.0470. The number of hydrogen-bond donors (Lipinski definition) is 1. The quantitative estimate of drug-likeness (QED) is 0.841. The maximum Gasteiger partial charge on any atom is 0.255 e. The van der Waals surface area contributed by atoms with Crippen molar-refractivity contribution in [3.05, 3.63) is 28.8 Å². The Morgan fingerprint density at radius 3 is 2.82 bits per heavy atom. The van der Waals surface area contributed by atoms with Gasteiger partial charge >= 0.3 is 0 Å². The molecule has 0 aromatic heterocycles. The number of nitrogens with zero attached hydrogens (tertiary/aromatic N) is 1. The molecule has 1 aliphatic carbocycles. The highest BCUT2D eigenvalue weighted by Crippen LogP contribution is 2.28. The number of benzene rings is 1. The van der Waals surface area contributed by atoms with Crippen molar-refractivity contribution in [1.82, 2.24) is 4.90 Å². The summed E-state index contributed by atoms with van der Waals surface area (Å²) in [6.07, 6.45) is 3.73. The van der Waals surface area contributed by atoms with E-state index in [-0.39, 0.29) is 5.91 Å². The Morgan fingerprint density at radius 2 is 2.24 bits per heavy atom. The summed E-state index contributed by atoms with van der Waals surface area (Å²) in [6.45, 7) is 0.809. The predicted molar refractivity (Wildman–Crippen MR) is 70.2 cm³/mol. The summed E-state index contributed by atoms with van der Waals surface area (Å²) in [6, 6.07) is 5.01.